The standard InChI is InChI=1S/C10H13ClO3/c1-6(12)3-7-4-8(11)5-9(14-2)10(7)13/h4-6,12-13H,3H2,1-2H3. The van der Waals surface area contributed by atoms with Crippen LogP contribution < -0.4 is 4.74 Å². The molecule has 0 bridgehead atoms. The molecule has 1 atom stereocenters. The molecular formula is C10H13ClO3. The van der Waals surface area contributed by atoms with E-state index in [-0.39, 0.29) is 5.75 Å². The molecule has 0 aliphatic heterocycles. The minimum absolute atomic E-state index is 0.0396. The van der Waals surface area contributed by atoms with Crippen LogP contribution >= 0.6 is 11.6 Å². The Bertz CT molecular complexity index is 323. The number of ether oxygens (including phenoxy) is 1. The van der Waals surface area contributed by atoms with Gasteiger partial charge in [0.2, 0.25) is 0 Å². The summed E-state index contributed by atoms with van der Waals surface area (Å²) in [5.41, 5.74) is 0.587. The van der Waals surface area contributed by atoms with E-state index >= 15 is 0 Å². The number of hydrogen-bond acceptors (Lipinski definition) is 3. The molecule has 0 saturated carbocycles. The van der Waals surface area contributed by atoms with E-state index in [9.17, 15) is 10.2 Å². The van der Waals surface area contributed by atoms with Crippen molar-refractivity contribution in [2.24, 2.45) is 0 Å². The van der Waals surface area contributed by atoms with Crippen molar-refractivity contribution in [2.75, 3.05) is 7.11 Å². The van der Waals surface area contributed by atoms with Crippen LogP contribution in [0.25, 0.3) is 0 Å². The third-order valence-electron chi connectivity index (χ3n) is 1.85. The molecule has 0 radical (unpaired) electrons. The molecule has 1 aromatic rings. The number of aliphatic hydroxyl groups excluding tert-OH is 1. The SMILES string of the molecule is COc1cc(Cl)cc(CC(C)O)c1O. The molecule has 0 fully saturated rings. The summed E-state index contributed by atoms with van der Waals surface area (Å²) in [4.78, 5) is 0. The first-order chi connectivity index (χ1) is 6.54. The van der Waals surface area contributed by atoms with E-state index in [4.69, 9.17) is 16.3 Å². The van der Waals surface area contributed by atoms with Gasteiger partial charge in [-0.05, 0) is 13.0 Å². The minimum atomic E-state index is -0.524. The van der Waals surface area contributed by atoms with Crippen LogP contribution in [0.4, 0.5) is 0 Å². The Labute approximate surface area is 87.9 Å². The van der Waals surface area contributed by atoms with E-state index in [1.807, 2.05) is 0 Å². The van der Waals surface area contributed by atoms with Gasteiger partial charge >= 0.3 is 0 Å². The lowest BCUT2D eigenvalue weighted by atomic mass is 10.1. The smallest absolute Gasteiger partial charge is 0.162 e. The minimum Gasteiger partial charge on any atom is -0.504 e. The highest BCUT2D eigenvalue weighted by atomic mass is 35.5. The van der Waals surface area contributed by atoms with Gasteiger partial charge in [0.05, 0.1) is 13.2 Å². The molecule has 1 aromatic carbocycles. The summed E-state index contributed by atoms with van der Waals surface area (Å²) >= 11 is 5.81. The number of rotatable bonds is 3. The highest BCUT2D eigenvalue weighted by Gasteiger charge is 2.11. The van der Waals surface area contributed by atoms with E-state index in [0.717, 1.165) is 0 Å². The second-order valence-corrected chi connectivity index (χ2v) is 3.61. The van der Waals surface area contributed by atoms with Crippen LogP contribution in [0.1, 0.15) is 12.5 Å². The Kier molecular flexibility index (Phi) is 3.61. The van der Waals surface area contributed by atoms with Gasteiger partial charge in [0.15, 0.2) is 11.5 Å². The molecule has 2 N–H and O–H groups in total. The second kappa shape index (κ2) is 4.53. The molecule has 0 aliphatic carbocycles. The molecule has 0 spiro atoms. The number of phenolic OH excluding ortho intramolecular Hbond substituents is 1. The number of benzene rings is 1. The van der Waals surface area contributed by atoms with Gasteiger partial charge in [-0.2, -0.15) is 0 Å². The van der Waals surface area contributed by atoms with Gasteiger partial charge in [-0.25, -0.2) is 0 Å². The number of hydrogen-bond donors (Lipinski definition) is 2. The zero-order valence-electron chi connectivity index (χ0n) is 8.12. The molecule has 0 saturated heterocycles. The van der Waals surface area contributed by atoms with Crippen LogP contribution in [0.5, 0.6) is 11.5 Å². The van der Waals surface area contributed by atoms with Crippen molar-refractivity contribution in [3.05, 3.63) is 22.7 Å². The summed E-state index contributed by atoms with van der Waals surface area (Å²) in [6.45, 7) is 1.65. The van der Waals surface area contributed by atoms with Crippen molar-refractivity contribution >= 4 is 11.6 Å². The predicted molar refractivity (Wildman–Crippen MR) is 55.1 cm³/mol. The molecule has 3 nitrogen and oxygen atoms in total. The van der Waals surface area contributed by atoms with Crippen LogP contribution in [-0.2, 0) is 6.42 Å². The predicted octanol–water partition coefficient (Wildman–Crippen LogP) is 1.98. The number of phenols is 1. The molecule has 0 aliphatic rings. The zero-order valence-corrected chi connectivity index (χ0v) is 8.88. The number of aromatic hydroxyl groups is 1. The lowest BCUT2D eigenvalue weighted by molar-refractivity contribution is 0.194. The van der Waals surface area contributed by atoms with Gasteiger partial charge in [-0.1, -0.05) is 11.6 Å². The van der Waals surface area contributed by atoms with Gasteiger partial charge in [-0.15, -0.1) is 0 Å². The van der Waals surface area contributed by atoms with Crippen LogP contribution in [0, 0.1) is 0 Å². The summed E-state index contributed by atoms with van der Waals surface area (Å²) in [7, 11) is 1.46. The highest BCUT2D eigenvalue weighted by Crippen LogP contribution is 2.33. The van der Waals surface area contributed by atoms with Crippen molar-refractivity contribution in [1.82, 2.24) is 0 Å². The monoisotopic (exact) mass is 216 g/mol. The fraction of sp³-hybridized carbons (Fsp3) is 0.400. The second-order valence-electron chi connectivity index (χ2n) is 3.17. The number of methoxy groups -OCH3 is 1. The molecule has 0 aromatic heterocycles. The van der Waals surface area contributed by atoms with E-state index in [1.54, 1.807) is 13.0 Å². The molecule has 78 valence electrons. The third-order valence-corrected chi connectivity index (χ3v) is 2.07. The summed E-state index contributed by atoms with van der Waals surface area (Å²) < 4.78 is 4.93. The molecule has 1 unspecified atom stereocenters. The third kappa shape index (κ3) is 2.53. The largest absolute Gasteiger partial charge is 0.504 e. The van der Waals surface area contributed by atoms with E-state index in [1.165, 1.54) is 13.2 Å². The Morgan fingerprint density at radius 2 is 2.14 bits per heavy atom. The zero-order chi connectivity index (χ0) is 10.7. The van der Waals surface area contributed by atoms with Crippen molar-refractivity contribution in [1.29, 1.82) is 0 Å². The summed E-state index contributed by atoms with van der Waals surface area (Å²) in [5.74, 6) is 0.367. The van der Waals surface area contributed by atoms with Crippen LogP contribution in [0.2, 0.25) is 5.02 Å². The Hall–Kier alpha value is -0.930. The normalized spacial score (nSPS) is 12.6. The molecule has 1 rings (SSSR count). The van der Waals surface area contributed by atoms with Gasteiger partial charge in [0.1, 0.15) is 0 Å². The van der Waals surface area contributed by atoms with Gasteiger partial charge in [-0.3, -0.25) is 0 Å². The Morgan fingerprint density at radius 1 is 1.50 bits per heavy atom. The van der Waals surface area contributed by atoms with E-state index in [0.29, 0.717) is 22.8 Å². The first-order valence-corrected chi connectivity index (χ1v) is 4.65. The van der Waals surface area contributed by atoms with Crippen molar-refractivity contribution in [2.45, 2.75) is 19.4 Å². The Balaban J connectivity index is 3.08. The number of aliphatic hydroxyl groups is 1. The van der Waals surface area contributed by atoms with Gasteiger partial charge < -0.3 is 14.9 Å². The summed E-state index contributed by atoms with van der Waals surface area (Å²) in [5, 5.41) is 19.3. The highest BCUT2D eigenvalue weighted by molar-refractivity contribution is 6.30. The van der Waals surface area contributed by atoms with Crippen molar-refractivity contribution < 1.29 is 14.9 Å². The molecule has 0 heterocycles. The average Bonchev–Trinajstić information content (AvgIpc) is 2.09. The quantitative estimate of drug-likeness (QED) is 0.813. The average molecular weight is 217 g/mol. The lowest BCUT2D eigenvalue weighted by Gasteiger charge is -2.10. The van der Waals surface area contributed by atoms with Crippen molar-refractivity contribution in [3.63, 3.8) is 0 Å². The summed E-state index contributed by atoms with van der Waals surface area (Å²) in [6, 6.07) is 3.15. The van der Waals surface area contributed by atoms with E-state index in [2.05, 4.69) is 0 Å². The maximum absolute atomic E-state index is 9.67. The molecule has 0 amide bonds. The van der Waals surface area contributed by atoms with E-state index < -0.39 is 6.10 Å². The van der Waals surface area contributed by atoms with Crippen molar-refractivity contribution in [3.8, 4) is 11.5 Å². The maximum atomic E-state index is 9.67. The number of halogens is 1. The molecular weight excluding hydrogens is 204 g/mol. The molecule has 4 heteroatoms. The van der Waals surface area contributed by atoms with Crippen LogP contribution in [0.3, 0.4) is 0 Å². The first kappa shape index (κ1) is 11.1. The molecule has 14 heavy (non-hydrogen) atoms. The fourth-order valence-electron chi connectivity index (χ4n) is 1.26. The Morgan fingerprint density at radius 3 is 2.64 bits per heavy atom. The summed E-state index contributed by atoms with van der Waals surface area (Å²) in [6.07, 6.45) is -0.174. The lowest BCUT2D eigenvalue weighted by Crippen LogP contribution is -2.04. The van der Waals surface area contributed by atoms with Crippen LogP contribution in [-0.4, -0.2) is 23.4 Å². The van der Waals surface area contributed by atoms with Gasteiger partial charge in [0.25, 0.3) is 0 Å². The van der Waals surface area contributed by atoms with Gasteiger partial charge in [0, 0.05) is 23.1 Å². The van der Waals surface area contributed by atoms with Crippen LogP contribution in [0.15, 0.2) is 12.1 Å². The topological polar surface area (TPSA) is 49.7 Å². The first-order valence-electron chi connectivity index (χ1n) is 4.28. The fourth-order valence-corrected chi connectivity index (χ4v) is 1.49. The maximum Gasteiger partial charge on any atom is 0.162 e.